The zero-order chi connectivity index (χ0) is 13.5. The third-order valence-electron chi connectivity index (χ3n) is 3.20. The molecule has 0 amide bonds. The highest BCUT2D eigenvalue weighted by molar-refractivity contribution is 5.78. The number of benzene rings is 1. The van der Waals surface area contributed by atoms with Gasteiger partial charge in [0.1, 0.15) is 11.8 Å². The molecule has 1 rings (SSSR count). The van der Waals surface area contributed by atoms with Crippen LogP contribution in [0.4, 0.5) is 5.69 Å². The Morgan fingerprint density at radius 1 is 1.33 bits per heavy atom. The van der Waals surface area contributed by atoms with E-state index in [0.717, 1.165) is 18.5 Å². The summed E-state index contributed by atoms with van der Waals surface area (Å²) in [6, 6.07) is 6.77. The van der Waals surface area contributed by atoms with E-state index in [0.29, 0.717) is 5.75 Å². The Morgan fingerprint density at radius 2 is 1.94 bits per heavy atom. The molecule has 0 radical (unpaired) electrons. The zero-order valence-electron chi connectivity index (χ0n) is 11.1. The number of anilines is 1. The van der Waals surface area contributed by atoms with Gasteiger partial charge in [-0.1, -0.05) is 38.8 Å². The number of carbonyl (C=O) groups is 1. The molecule has 2 N–H and O–H groups in total. The summed E-state index contributed by atoms with van der Waals surface area (Å²) < 4.78 is 5.22. The monoisotopic (exact) mass is 251 g/mol. The average molecular weight is 251 g/mol. The van der Waals surface area contributed by atoms with E-state index >= 15 is 0 Å². The molecule has 0 aliphatic carbocycles. The maximum Gasteiger partial charge on any atom is 0.326 e. The van der Waals surface area contributed by atoms with E-state index in [-0.39, 0.29) is 5.92 Å². The number of hydrogen-bond acceptors (Lipinski definition) is 3. The van der Waals surface area contributed by atoms with Gasteiger partial charge in [0.05, 0.1) is 12.8 Å². The largest absolute Gasteiger partial charge is 0.495 e. The molecule has 0 saturated heterocycles. The summed E-state index contributed by atoms with van der Waals surface area (Å²) >= 11 is 0. The normalized spacial score (nSPS) is 12.2. The summed E-state index contributed by atoms with van der Waals surface area (Å²) in [7, 11) is 1.58. The van der Waals surface area contributed by atoms with Crippen LogP contribution in [0, 0.1) is 5.92 Å². The molecule has 4 heteroatoms. The molecule has 100 valence electrons. The van der Waals surface area contributed by atoms with Crippen LogP contribution in [0.5, 0.6) is 5.75 Å². The number of hydrogen-bond donors (Lipinski definition) is 2. The highest BCUT2D eigenvalue weighted by Gasteiger charge is 2.26. The van der Waals surface area contributed by atoms with Crippen LogP contribution in [-0.4, -0.2) is 24.2 Å². The van der Waals surface area contributed by atoms with Gasteiger partial charge in [0.15, 0.2) is 0 Å². The third-order valence-corrected chi connectivity index (χ3v) is 3.20. The first-order chi connectivity index (χ1) is 8.63. The predicted molar refractivity (Wildman–Crippen MR) is 72.1 cm³/mol. The maximum atomic E-state index is 11.4. The van der Waals surface area contributed by atoms with Crippen LogP contribution in [-0.2, 0) is 4.79 Å². The second-order valence-electron chi connectivity index (χ2n) is 4.24. The van der Waals surface area contributed by atoms with Crippen molar-refractivity contribution in [1.82, 2.24) is 0 Å². The Balaban J connectivity index is 2.93. The van der Waals surface area contributed by atoms with Gasteiger partial charge in [-0.25, -0.2) is 4.79 Å². The van der Waals surface area contributed by atoms with E-state index in [1.807, 2.05) is 38.1 Å². The van der Waals surface area contributed by atoms with Gasteiger partial charge in [0.25, 0.3) is 0 Å². The van der Waals surface area contributed by atoms with Gasteiger partial charge in [0, 0.05) is 0 Å². The average Bonchev–Trinajstić information content (AvgIpc) is 2.39. The summed E-state index contributed by atoms with van der Waals surface area (Å²) in [6.45, 7) is 4.02. The van der Waals surface area contributed by atoms with Gasteiger partial charge < -0.3 is 15.2 Å². The minimum Gasteiger partial charge on any atom is -0.495 e. The zero-order valence-corrected chi connectivity index (χ0v) is 11.1. The lowest BCUT2D eigenvalue weighted by atomic mass is 9.94. The van der Waals surface area contributed by atoms with Crippen LogP contribution >= 0.6 is 0 Å². The second-order valence-corrected chi connectivity index (χ2v) is 4.24. The lowest BCUT2D eigenvalue weighted by Crippen LogP contribution is -2.36. The highest BCUT2D eigenvalue weighted by atomic mass is 16.5. The topological polar surface area (TPSA) is 58.6 Å². The van der Waals surface area contributed by atoms with E-state index in [2.05, 4.69) is 5.32 Å². The Kier molecular flexibility index (Phi) is 5.49. The van der Waals surface area contributed by atoms with E-state index < -0.39 is 12.0 Å². The quantitative estimate of drug-likeness (QED) is 0.782. The smallest absolute Gasteiger partial charge is 0.326 e. The lowest BCUT2D eigenvalue weighted by molar-refractivity contribution is -0.139. The van der Waals surface area contributed by atoms with Crippen molar-refractivity contribution in [1.29, 1.82) is 0 Å². The molecule has 1 unspecified atom stereocenters. The standard InChI is InChI=1S/C14H21NO3/c1-4-10(5-2)13(14(16)17)15-11-8-6-7-9-12(11)18-3/h6-10,13,15H,4-5H2,1-3H3,(H,16,17). The van der Waals surface area contributed by atoms with E-state index in [9.17, 15) is 9.90 Å². The molecule has 0 aliphatic rings. The van der Waals surface area contributed by atoms with E-state index in [1.165, 1.54) is 0 Å². The van der Waals surface area contributed by atoms with Crippen molar-refractivity contribution >= 4 is 11.7 Å². The first kappa shape index (κ1) is 14.4. The van der Waals surface area contributed by atoms with Crippen molar-refractivity contribution in [3.05, 3.63) is 24.3 Å². The SMILES string of the molecule is CCC(CC)C(Nc1ccccc1OC)C(=O)O. The Labute approximate surface area is 108 Å². The minimum absolute atomic E-state index is 0.104. The Bertz CT molecular complexity index is 388. The second kappa shape index (κ2) is 6.89. The highest BCUT2D eigenvalue weighted by Crippen LogP contribution is 2.26. The van der Waals surface area contributed by atoms with Crippen LogP contribution < -0.4 is 10.1 Å². The Morgan fingerprint density at radius 3 is 2.44 bits per heavy atom. The molecule has 18 heavy (non-hydrogen) atoms. The molecule has 1 aromatic rings. The molecule has 0 aliphatic heterocycles. The lowest BCUT2D eigenvalue weighted by Gasteiger charge is -2.24. The maximum absolute atomic E-state index is 11.4. The summed E-state index contributed by atoms with van der Waals surface area (Å²) in [6.07, 6.45) is 1.66. The molecule has 1 aromatic carbocycles. The molecular formula is C14H21NO3. The fourth-order valence-electron chi connectivity index (χ4n) is 2.07. The molecular weight excluding hydrogens is 230 g/mol. The third kappa shape index (κ3) is 3.39. The van der Waals surface area contributed by atoms with Gasteiger partial charge in [-0.3, -0.25) is 0 Å². The summed E-state index contributed by atoms with van der Waals surface area (Å²) in [5, 5.41) is 12.4. The van der Waals surface area contributed by atoms with E-state index in [1.54, 1.807) is 7.11 Å². The number of nitrogens with one attached hydrogen (secondary N) is 1. The molecule has 1 atom stereocenters. The van der Waals surface area contributed by atoms with Crippen LogP contribution in [0.2, 0.25) is 0 Å². The van der Waals surface area contributed by atoms with Gasteiger partial charge >= 0.3 is 5.97 Å². The van der Waals surface area contributed by atoms with Gasteiger partial charge in [0.2, 0.25) is 0 Å². The van der Waals surface area contributed by atoms with Gasteiger partial charge in [-0.05, 0) is 18.1 Å². The summed E-state index contributed by atoms with van der Waals surface area (Å²) in [5.41, 5.74) is 0.722. The molecule has 0 bridgehead atoms. The fourth-order valence-corrected chi connectivity index (χ4v) is 2.07. The van der Waals surface area contributed by atoms with Crippen molar-refractivity contribution in [2.45, 2.75) is 32.7 Å². The number of carboxylic acid groups (broad SMARTS) is 1. The van der Waals surface area contributed by atoms with Crippen molar-refractivity contribution in [2.75, 3.05) is 12.4 Å². The van der Waals surface area contributed by atoms with Crippen molar-refractivity contribution in [3.63, 3.8) is 0 Å². The molecule has 0 fully saturated rings. The van der Waals surface area contributed by atoms with Gasteiger partial charge in [-0.15, -0.1) is 0 Å². The molecule has 0 saturated carbocycles. The number of rotatable bonds is 7. The minimum atomic E-state index is -0.824. The molecule has 0 heterocycles. The van der Waals surface area contributed by atoms with Crippen molar-refractivity contribution in [2.24, 2.45) is 5.92 Å². The number of carboxylic acids is 1. The van der Waals surface area contributed by atoms with Crippen molar-refractivity contribution < 1.29 is 14.6 Å². The molecule has 0 spiro atoms. The number of aliphatic carboxylic acids is 1. The first-order valence-electron chi connectivity index (χ1n) is 6.26. The first-order valence-corrected chi connectivity index (χ1v) is 6.26. The molecule has 0 aromatic heterocycles. The van der Waals surface area contributed by atoms with Crippen LogP contribution in [0.25, 0.3) is 0 Å². The van der Waals surface area contributed by atoms with Crippen LogP contribution in [0.1, 0.15) is 26.7 Å². The number of ether oxygens (including phenoxy) is 1. The van der Waals surface area contributed by atoms with Gasteiger partial charge in [-0.2, -0.15) is 0 Å². The summed E-state index contributed by atoms with van der Waals surface area (Å²) in [4.78, 5) is 11.4. The number of methoxy groups -OCH3 is 1. The molecule has 4 nitrogen and oxygen atoms in total. The Hall–Kier alpha value is -1.71. The van der Waals surface area contributed by atoms with Crippen LogP contribution in [0.15, 0.2) is 24.3 Å². The van der Waals surface area contributed by atoms with Crippen molar-refractivity contribution in [3.8, 4) is 5.75 Å². The fraction of sp³-hybridized carbons (Fsp3) is 0.500. The summed E-state index contributed by atoms with van der Waals surface area (Å²) in [5.74, 6) is -0.0586. The van der Waals surface area contributed by atoms with E-state index in [4.69, 9.17) is 4.74 Å². The predicted octanol–water partition coefficient (Wildman–Crippen LogP) is 3.00. The number of para-hydroxylation sites is 2. The van der Waals surface area contributed by atoms with Crippen LogP contribution in [0.3, 0.4) is 0 Å².